The van der Waals surface area contributed by atoms with Crippen molar-refractivity contribution in [2.75, 3.05) is 30.3 Å². The zero-order valence-electron chi connectivity index (χ0n) is 16.2. The second-order valence-corrected chi connectivity index (χ2v) is 8.09. The SMILES string of the molecule is CCOc1ccc(N([C@@H](C)C(=O)NCCCOC(C)C)S(C)(=O)=O)cc1. The van der Waals surface area contributed by atoms with E-state index in [1.165, 1.54) is 0 Å². The molecular formula is C18H30N2O5S. The van der Waals surface area contributed by atoms with Gasteiger partial charge in [-0.2, -0.15) is 0 Å². The van der Waals surface area contributed by atoms with Crippen LogP contribution in [0, 0.1) is 0 Å². The van der Waals surface area contributed by atoms with E-state index in [4.69, 9.17) is 9.47 Å². The number of carbonyl (C=O) groups excluding carboxylic acids is 1. The molecule has 0 saturated carbocycles. The maximum atomic E-state index is 12.4. The highest BCUT2D eigenvalue weighted by molar-refractivity contribution is 7.92. The van der Waals surface area contributed by atoms with Gasteiger partial charge in [-0.05, 0) is 58.4 Å². The molecular weight excluding hydrogens is 356 g/mol. The molecule has 0 fully saturated rings. The molecule has 0 unspecified atom stereocenters. The van der Waals surface area contributed by atoms with Crippen molar-refractivity contribution >= 4 is 21.6 Å². The quantitative estimate of drug-likeness (QED) is 0.589. The van der Waals surface area contributed by atoms with Crippen molar-refractivity contribution in [2.24, 2.45) is 0 Å². The van der Waals surface area contributed by atoms with Gasteiger partial charge < -0.3 is 14.8 Å². The smallest absolute Gasteiger partial charge is 0.243 e. The number of carbonyl (C=O) groups is 1. The minimum Gasteiger partial charge on any atom is -0.494 e. The molecule has 0 spiro atoms. The van der Waals surface area contributed by atoms with Gasteiger partial charge in [-0.15, -0.1) is 0 Å². The van der Waals surface area contributed by atoms with Crippen molar-refractivity contribution in [3.8, 4) is 5.75 Å². The first-order chi connectivity index (χ1) is 12.2. The largest absolute Gasteiger partial charge is 0.494 e. The Labute approximate surface area is 156 Å². The standard InChI is InChI=1S/C18H30N2O5S/c1-6-24-17-10-8-16(9-11-17)20(26(5,22)23)15(4)18(21)19-12-7-13-25-14(2)3/h8-11,14-15H,6-7,12-13H2,1-5H3,(H,19,21)/t15-/m0/s1. The van der Waals surface area contributed by atoms with Crippen LogP contribution in [0.2, 0.25) is 0 Å². The van der Waals surface area contributed by atoms with E-state index >= 15 is 0 Å². The lowest BCUT2D eigenvalue weighted by atomic mass is 10.2. The van der Waals surface area contributed by atoms with E-state index < -0.39 is 16.1 Å². The van der Waals surface area contributed by atoms with Gasteiger partial charge in [-0.3, -0.25) is 9.10 Å². The van der Waals surface area contributed by atoms with Crippen molar-refractivity contribution in [1.82, 2.24) is 5.32 Å². The van der Waals surface area contributed by atoms with Crippen LogP contribution < -0.4 is 14.4 Å². The third-order valence-corrected chi connectivity index (χ3v) is 4.80. The van der Waals surface area contributed by atoms with Crippen LogP contribution in [-0.2, 0) is 19.6 Å². The summed E-state index contributed by atoms with van der Waals surface area (Å²) in [4.78, 5) is 12.4. The third-order valence-electron chi connectivity index (χ3n) is 3.56. The average molecular weight is 387 g/mol. The van der Waals surface area contributed by atoms with Crippen LogP contribution in [0.4, 0.5) is 5.69 Å². The summed E-state index contributed by atoms with van der Waals surface area (Å²) in [5, 5.41) is 2.76. The molecule has 1 aromatic carbocycles. The zero-order valence-corrected chi connectivity index (χ0v) is 17.0. The lowest BCUT2D eigenvalue weighted by molar-refractivity contribution is -0.121. The minimum atomic E-state index is -3.63. The van der Waals surface area contributed by atoms with Crippen molar-refractivity contribution in [2.45, 2.75) is 46.3 Å². The molecule has 0 aromatic heterocycles. The fourth-order valence-electron chi connectivity index (χ4n) is 2.42. The number of hydrogen-bond acceptors (Lipinski definition) is 5. The third kappa shape index (κ3) is 7.21. The van der Waals surface area contributed by atoms with Crippen molar-refractivity contribution in [3.05, 3.63) is 24.3 Å². The topological polar surface area (TPSA) is 84.9 Å². The van der Waals surface area contributed by atoms with Crippen LogP contribution in [0.1, 0.15) is 34.1 Å². The molecule has 0 saturated heterocycles. The number of anilines is 1. The summed E-state index contributed by atoms with van der Waals surface area (Å²) in [6.45, 7) is 8.82. The lowest BCUT2D eigenvalue weighted by Crippen LogP contribution is -2.48. The number of rotatable bonds is 11. The normalized spacial score (nSPS) is 12.7. The van der Waals surface area contributed by atoms with Crippen LogP contribution in [0.3, 0.4) is 0 Å². The molecule has 0 aliphatic rings. The average Bonchev–Trinajstić information content (AvgIpc) is 2.54. The van der Waals surface area contributed by atoms with Gasteiger partial charge in [0.25, 0.3) is 0 Å². The fourth-order valence-corrected chi connectivity index (χ4v) is 3.59. The van der Waals surface area contributed by atoms with E-state index in [-0.39, 0.29) is 12.0 Å². The molecule has 0 radical (unpaired) electrons. The Kier molecular flexibility index (Phi) is 8.87. The molecule has 26 heavy (non-hydrogen) atoms. The molecule has 0 aliphatic heterocycles. The van der Waals surface area contributed by atoms with Gasteiger partial charge in [0.2, 0.25) is 15.9 Å². The van der Waals surface area contributed by atoms with Gasteiger partial charge in [0, 0.05) is 13.2 Å². The monoisotopic (exact) mass is 386 g/mol. The van der Waals surface area contributed by atoms with Crippen LogP contribution in [0.15, 0.2) is 24.3 Å². The Morgan fingerprint density at radius 1 is 1.19 bits per heavy atom. The molecule has 0 heterocycles. The van der Waals surface area contributed by atoms with Crippen LogP contribution in [-0.4, -0.2) is 52.5 Å². The second-order valence-electron chi connectivity index (χ2n) is 6.23. The van der Waals surface area contributed by atoms with E-state index in [1.54, 1.807) is 31.2 Å². The van der Waals surface area contributed by atoms with Gasteiger partial charge in [-0.25, -0.2) is 8.42 Å². The molecule has 1 aromatic rings. The Hall–Kier alpha value is -1.80. The number of nitrogens with zero attached hydrogens (tertiary/aromatic N) is 1. The molecule has 1 N–H and O–H groups in total. The Balaban J connectivity index is 2.77. The number of sulfonamides is 1. The molecule has 0 aliphatic carbocycles. The Bertz CT molecular complexity index is 659. The maximum absolute atomic E-state index is 12.4. The second kappa shape index (κ2) is 10.4. The van der Waals surface area contributed by atoms with Crippen LogP contribution in [0.5, 0.6) is 5.75 Å². The summed E-state index contributed by atoms with van der Waals surface area (Å²) < 4.78 is 36.4. The van der Waals surface area contributed by atoms with Gasteiger partial charge >= 0.3 is 0 Å². The summed E-state index contributed by atoms with van der Waals surface area (Å²) in [6.07, 6.45) is 1.90. The van der Waals surface area contributed by atoms with Crippen molar-refractivity contribution in [1.29, 1.82) is 0 Å². The summed E-state index contributed by atoms with van der Waals surface area (Å²) in [7, 11) is -3.63. The first kappa shape index (κ1) is 22.2. The number of nitrogens with one attached hydrogen (secondary N) is 1. The maximum Gasteiger partial charge on any atom is 0.243 e. The van der Waals surface area contributed by atoms with Gasteiger partial charge in [0.05, 0.1) is 24.7 Å². The van der Waals surface area contributed by atoms with Crippen molar-refractivity contribution in [3.63, 3.8) is 0 Å². The summed E-state index contributed by atoms with van der Waals surface area (Å²) >= 11 is 0. The Morgan fingerprint density at radius 2 is 1.81 bits per heavy atom. The molecule has 148 valence electrons. The molecule has 1 amide bonds. The van der Waals surface area contributed by atoms with Crippen LogP contribution in [0.25, 0.3) is 0 Å². The number of hydrogen-bond donors (Lipinski definition) is 1. The van der Waals surface area contributed by atoms with Crippen LogP contribution >= 0.6 is 0 Å². The van der Waals surface area contributed by atoms with E-state index in [0.29, 0.717) is 37.6 Å². The van der Waals surface area contributed by atoms with Crippen molar-refractivity contribution < 1.29 is 22.7 Å². The fraction of sp³-hybridized carbons (Fsp3) is 0.611. The van der Waals surface area contributed by atoms with Gasteiger partial charge in [0.15, 0.2) is 0 Å². The predicted molar refractivity (Wildman–Crippen MR) is 103 cm³/mol. The van der Waals surface area contributed by atoms with E-state index in [9.17, 15) is 13.2 Å². The molecule has 1 rings (SSSR count). The summed E-state index contributed by atoms with van der Waals surface area (Å²) in [6, 6.07) is 5.77. The van der Waals surface area contributed by atoms with E-state index in [1.807, 2.05) is 20.8 Å². The Morgan fingerprint density at radius 3 is 2.31 bits per heavy atom. The molecule has 8 heteroatoms. The lowest BCUT2D eigenvalue weighted by Gasteiger charge is -2.28. The summed E-state index contributed by atoms with van der Waals surface area (Å²) in [5.74, 6) is 0.292. The minimum absolute atomic E-state index is 0.144. The molecule has 1 atom stereocenters. The zero-order chi connectivity index (χ0) is 19.7. The number of ether oxygens (including phenoxy) is 2. The predicted octanol–water partition coefficient (Wildman–Crippen LogP) is 2.17. The first-order valence-corrected chi connectivity index (χ1v) is 10.6. The molecule has 7 nitrogen and oxygen atoms in total. The highest BCUT2D eigenvalue weighted by Crippen LogP contribution is 2.24. The van der Waals surface area contributed by atoms with Gasteiger partial charge in [0.1, 0.15) is 11.8 Å². The molecule has 0 bridgehead atoms. The first-order valence-electron chi connectivity index (χ1n) is 8.78. The highest BCUT2D eigenvalue weighted by Gasteiger charge is 2.28. The highest BCUT2D eigenvalue weighted by atomic mass is 32.2. The summed E-state index contributed by atoms with van der Waals surface area (Å²) in [5.41, 5.74) is 0.418. The van der Waals surface area contributed by atoms with E-state index in [2.05, 4.69) is 5.32 Å². The van der Waals surface area contributed by atoms with E-state index in [0.717, 1.165) is 10.6 Å². The number of benzene rings is 1. The van der Waals surface area contributed by atoms with Gasteiger partial charge in [-0.1, -0.05) is 0 Å². The number of amides is 1.